The maximum Gasteiger partial charge on any atom is 0.154 e. The normalized spacial score (nSPS) is 31.4. The van der Waals surface area contributed by atoms with E-state index in [9.17, 15) is 0 Å². The third-order valence-electron chi connectivity index (χ3n) is 1.56. The SMILES string of the molecule is CC(O)OC1(N)C=CC=C(N)C1. The molecule has 1 aliphatic rings. The minimum atomic E-state index is -0.951. The lowest BCUT2D eigenvalue weighted by Crippen LogP contribution is -2.45. The lowest BCUT2D eigenvalue weighted by Gasteiger charge is -2.29. The molecule has 0 aromatic rings. The molecule has 68 valence electrons. The lowest BCUT2D eigenvalue weighted by molar-refractivity contribution is -0.154. The maximum absolute atomic E-state index is 8.96. The Kier molecular flexibility index (Phi) is 2.52. The zero-order valence-corrected chi connectivity index (χ0v) is 7.03. The summed E-state index contributed by atoms with van der Waals surface area (Å²) >= 11 is 0. The largest absolute Gasteiger partial charge is 0.402 e. The first-order valence-electron chi connectivity index (χ1n) is 3.80. The molecule has 0 radical (unpaired) electrons. The van der Waals surface area contributed by atoms with Gasteiger partial charge in [-0.05, 0) is 19.1 Å². The second-order valence-corrected chi connectivity index (χ2v) is 2.95. The van der Waals surface area contributed by atoms with E-state index in [0.717, 1.165) is 0 Å². The lowest BCUT2D eigenvalue weighted by atomic mass is 10.0. The van der Waals surface area contributed by atoms with Gasteiger partial charge in [0, 0.05) is 12.1 Å². The van der Waals surface area contributed by atoms with Gasteiger partial charge in [0.2, 0.25) is 0 Å². The molecule has 2 atom stereocenters. The van der Waals surface area contributed by atoms with Crippen LogP contribution in [0.2, 0.25) is 0 Å². The Balaban J connectivity index is 2.63. The molecule has 0 fully saturated rings. The maximum atomic E-state index is 8.96. The highest BCUT2D eigenvalue weighted by Crippen LogP contribution is 2.20. The van der Waals surface area contributed by atoms with Crippen molar-refractivity contribution < 1.29 is 9.84 Å². The molecule has 0 aromatic heterocycles. The Morgan fingerprint density at radius 1 is 1.75 bits per heavy atom. The van der Waals surface area contributed by atoms with Gasteiger partial charge in [-0.15, -0.1) is 0 Å². The average Bonchev–Trinajstić information content (AvgIpc) is 1.82. The van der Waals surface area contributed by atoms with E-state index in [-0.39, 0.29) is 0 Å². The van der Waals surface area contributed by atoms with Crippen LogP contribution in [0.4, 0.5) is 0 Å². The summed E-state index contributed by atoms with van der Waals surface area (Å²) in [5, 5.41) is 8.96. The van der Waals surface area contributed by atoms with Crippen LogP contribution in [-0.2, 0) is 4.74 Å². The molecule has 5 N–H and O–H groups in total. The molecular formula is C8H14N2O2. The van der Waals surface area contributed by atoms with E-state index >= 15 is 0 Å². The molecular weight excluding hydrogens is 156 g/mol. The number of hydrogen-bond donors (Lipinski definition) is 3. The summed E-state index contributed by atoms with van der Waals surface area (Å²) in [4.78, 5) is 0. The highest BCUT2D eigenvalue weighted by atomic mass is 16.6. The molecule has 0 spiro atoms. The number of nitrogens with two attached hydrogens (primary N) is 2. The second kappa shape index (κ2) is 3.26. The number of ether oxygens (including phenoxy) is 1. The molecule has 1 aliphatic carbocycles. The van der Waals surface area contributed by atoms with Gasteiger partial charge in [0.05, 0.1) is 0 Å². The molecule has 4 heteroatoms. The minimum Gasteiger partial charge on any atom is -0.402 e. The van der Waals surface area contributed by atoms with E-state index < -0.39 is 12.0 Å². The molecule has 0 aliphatic heterocycles. The summed E-state index contributed by atoms with van der Waals surface area (Å²) in [6.07, 6.45) is 4.69. The van der Waals surface area contributed by atoms with Gasteiger partial charge < -0.3 is 15.6 Å². The Morgan fingerprint density at radius 3 is 2.92 bits per heavy atom. The van der Waals surface area contributed by atoms with E-state index in [0.29, 0.717) is 12.1 Å². The van der Waals surface area contributed by atoms with Crippen LogP contribution in [0.1, 0.15) is 13.3 Å². The first-order valence-corrected chi connectivity index (χ1v) is 3.80. The van der Waals surface area contributed by atoms with Crippen LogP contribution in [0.5, 0.6) is 0 Å². The first-order chi connectivity index (χ1) is 5.52. The zero-order valence-electron chi connectivity index (χ0n) is 7.03. The van der Waals surface area contributed by atoms with Crippen LogP contribution < -0.4 is 11.5 Å². The Bertz CT molecular complexity index is 223. The number of aliphatic hydroxyl groups excluding tert-OH is 1. The van der Waals surface area contributed by atoms with Crippen molar-refractivity contribution in [1.29, 1.82) is 0 Å². The van der Waals surface area contributed by atoms with Crippen LogP contribution in [-0.4, -0.2) is 17.1 Å². The van der Waals surface area contributed by atoms with Crippen molar-refractivity contribution in [2.45, 2.75) is 25.4 Å². The van der Waals surface area contributed by atoms with Crippen LogP contribution in [0.15, 0.2) is 23.9 Å². The molecule has 2 unspecified atom stereocenters. The molecule has 12 heavy (non-hydrogen) atoms. The summed E-state index contributed by atoms with van der Waals surface area (Å²) in [5.41, 5.74) is 11.0. The predicted molar refractivity (Wildman–Crippen MR) is 45.7 cm³/mol. The van der Waals surface area contributed by atoms with Crippen LogP contribution in [0.25, 0.3) is 0 Å². The van der Waals surface area contributed by atoms with E-state index in [2.05, 4.69) is 0 Å². The van der Waals surface area contributed by atoms with Crippen molar-refractivity contribution in [1.82, 2.24) is 0 Å². The number of allylic oxidation sites excluding steroid dienone is 2. The molecule has 0 saturated carbocycles. The smallest absolute Gasteiger partial charge is 0.154 e. The van der Waals surface area contributed by atoms with Crippen molar-refractivity contribution in [3.05, 3.63) is 23.9 Å². The van der Waals surface area contributed by atoms with Crippen molar-refractivity contribution in [3.8, 4) is 0 Å². The zero-order chi connectivity index (χ0) is 9.19. The monoisotopic (exact) mass is 170 g/mol. The fraction of sp³-hybridized carbons (Fsp3) is 0.500. The predicted octanol–water partition coefficient (Wildman–Crippen LogP) is -0.201. The van der Waals surface area contributed by atoms with Crippen molar-refractivity contribution in [3.63, 3.8) is 0 Å². The van der Waals surface area contributed by atoms with E-state index in [1.54, 1.807) is 18.2 Å². The highest BCUT2D eigenvalue weighted by molar-refractivity contribution is 5.22. The van der Waals surface area contributed by atoms with Crippen LogP contribution in [0.3, 0.4) is 0 Å². The highest BCUT2D eigenvalue weighted by Gasteiger charge is 2.26. The minimum absolute atomic E-state index is 0.411. The molecule has 0 heterocycles. The van der Waals surface area contributed by atoms with Crippen molar-refractivity contribution >= 4 is 0 Å². The van der Waals surface area contributed by atoms with Crippen LogP contribution in [0, 0.1) is 0 Å². The third kappa shape index (κ3) is 2.34. The quantitative estimate of drug-likeness (QED) is 0.501. The van der Waals surface area contributed by atoms with Gasteiger partial charge in [0.1, 0.15) is 5.72 Å². The molecule has 0 aromatic carbocycles. The van der Waals surface area contributed by atoms with Gasteiger partial charge in [-0.1, -0.05) is 6.08 Å². The fourth-order valence-electron chi connectivity index (χ4n) is 1.17. The molecule has 0 bridgehead atoms. The van der Waals surface area contributed by atoms with E-state index in [1.165, 1.54) is 6.92 Å². The molecule has 1 rings (SSSR count). The average molecular weight is 170 g/mol. The summed E-state index contributed by atoms with van der Waals surface area (Å²) in [5.74, 6) is 0. The number of rotatable bonds is 2. The molecule has 0 amide bonds. The number of aliphatic hydroxyl groups is 1. The topological polar surface area (TPSA) is 81.5 Å². The Labute approximate surface area is 71.5 Å². The molecule has 0 saturated heterocycles. The fourth-order valence-corrected chi connectivity index (χ4v) is 1.17. The molecule has 4 nitrogen and oxygen atoms in total. The standard InChI is InChI=1S/C8H14N2O2/c1-6(11)12-8(10)4-2-3-7(9)5-8/h2-4,6,11H,5,9-10H2,1H3. The Hall–Kier alpha value is -0.840. The summed E-state index contributed by atoms with van der Waals surface area (Å²) in [6, 6.07) is 0. The van der Waals surface area contributed by atoms with E-state index in [4.69, 9.17) is 21.3 Å². The van der Waals surface area contributed by atoms with Gasteiger partial charge in [-0.2, -0.15) is 0 Å². The Morgan fingerprint density at radius 2 is 2.42 bits per heavy atom. The van der Waals surface area contributed by atoms with Gasteiger partial charge in [0.25, 0.3) is 0 Å². The van der Waals surface area contributed by atoms with Gasteiger partial charge in [0.15, 0.2) is 6.29 Å². The van der Waals surface area contributed by atoms with Gasteiger partial charge in [-0.25, -0.2) is 0 Å². The second-order valence-electron chi connectivity index (χ2n) is 2.95. The van der Waals surface area contributed by atoms with Gasteiger partial charge in [-0.3, -0.25) is 5.73 Å². The van der Waals surface area contributed by atoms with Crippen molar-refractivity contribution in [2.75, 3.05) is 0 Å². The third-order valence-corrected chi connectivity index (χ3v) is 1.56. The van der Waals surface area contributed by atoms with Crippen molar-refractivity contribution in [2.24, 2.45) is 11.5 Å². The number of hydrogen-bond acceptors (Lipinski definition) is 4. The van der Waals surface area contributed by atoms with E-state index in [1.807, 2.05) is 0 Å². The van der Waals surface area contributed by atoms with Crippen LogP contribution >= 0.6 is 0 Å². The summed E-state index contributed by atoms with van der Waals surface area (Å²) < 4.78 is 5.07. The first kappa shape index (κ1) is 9.25. The summed E-state index contributed by atoms with van der Waals surface area (Å²) in [6.45, 7) is 1.51. The van der Waals surface area contributed by atoms with Gasteiger partial charge >= 0.3 is 0 Å². The summed E-state index contributed by atoms with van der Waals surface area (Å²) in [7, 11) is 0.